The van der Waals surface area contributed by atoms with Gasteiger partial charge in [0.25, 0.3) is 0 Å². The Bertz CT molecular complexity index is 608. The average Bonchev–Trinajstić information content (AvgIpc) is 3.20. The summed E-state index contributed by atoms with van der Waals surface area (Å²) in [6, 6.07) is 6.45. The molecule has 0 radical (unpaired) electrons. The third-order valence-corrected chi connectivity index (χ3v) is 4.88. The molecule has 1 fully saturated rings. The molecule has 0 unspecified atom stereocenters. The van der Waals surface area contributed by atoms with Gasteiger partial charge in [0.1, 0.15) is 0 Å². The molecule has 0 bridgehead atoms. The number of thiophene rings is 1. The number of aliphatic imine (C=N–C) groups is 1. The maximum atomic E-state index is 4.43. The minimum atomic E-state index is 0.818. The summed E-state index contributed by atoms with van der Waals surface area (Å²) >= 11 is 1.81. The molecule has 22 heavy (non-hydrogen) atoms. The standard InChI is InChI=1S/C16H23N5S/c1-17-16(18-12-14-5-6-19(2)13-14)21-9-7-20(8-10-21)15-4-3-11-22-15/h3-6,11,13H,7-10,12H2,1-2H3,(H,17,18). The number of rotatable bonds is 3. The number of aromatic nitrogens is 1. The lowest BCUT2D eigenvalue weighted by Gasteiger charge is -2.37. The van der Waals surface area contributed by atoms with Crippen molar-refractivity contribution in [3.05, 3.63) is 41.5 Å². The largest absolute Gasteiger partial charge is 0.360 e. The van der Waals surface area contributed by atoms with Gasteiger partial charge < -0.3 is 19.7 Å². The Morgan fingerprint density at radius 2 is 2.09 bits per heavy atom. The van der Waals surface area contributed by atoms with Crippen molar-refractivity contribution >= 4 is 22.3 Å². The highest BCUT2D eigenvalue weighted by Crippen LogP contribution is 2.22. The van der Waals surface area contributed by atoms with Gasteiger partial charge in [-0.2, -0.15) is 0 Å². The fourth-order valence-electron chi connectivity index (χ4n) is 2.77. The SMILES string of the molecule is CN=C(NCc1ccn(C)c1)N1CCN(c2cccs2)CC1. The van der Waals surface area contributed by atoms with E-state index in [1.807, 2.05) is 25.4 Å². The Kier molecular flexibility index (Phi) is 4.68. The molecule has 1 N–H and O–H groups in total. The molecule has 2 aromatic heterocycles. The van der Waals surface area contributed by atoms with E-state index in [2.05, 4.69) is 60.6 Å². The van der Waals surface area contributed by atoms with Crippen molar-refractivity contribution in [1.29, 1.82) is 0 Å². The van der Waals surface area contributed by atoms with Gasteiger partial charge in [-0.15, -0.1) is 11.3 Å². The van der Waals surface area contributed by atoms with E-state index in [1.165, 1.54) is 10.6 Å². The zero-order chi connectivity index (χ0) is 15.4. The Balaban J connectivity index is 1.52. The zero-order valence-corrected chi connectivity index (χ0v) is 14.0. The number of nitrogens with zero attached hydrogens (tertiary/aromatic N) is 4. The van der Waals surface area contributed by atoms with Crippen LogP contribution in [0.3, 0.4) is 0 Å². The molecule has 0 amide bonds. The van der Waals surface area contributed by atoms with Gasteiger partial charge in [-0.05, 0) is 29.1 Å². The van der Waals surface area contributed by atoms with Crippen molar-refractivity contribution < 1.29 is 0 Å². The summed E-state index contributed by atoms with van der Waals surface area (Å²) in [5.74, 6) is 0.995. The van der Waals surface area contributed by atoms with E-state index >= 15 is 0 Å². The minimum Gasteiger partial charge on any atom is -0.360 e. The van der Waals surface area contributed by atoms with Crippen LogP contribution in [0.4, 0.5) is 5.00 Å². The van der Waals surface area contributed by atoms with Gasteiger partial charge in [0.15, 0.2) is 5.96 Å². The number of hydrogen-bond acceptors (Lipinski definition) is 3. The van der Waals surface area contributed by atoms with Crippen LogP contribution in [0.15, 0.2) is 41.0 Å². The quantitative estimate of drug-likeness (QED) is 0.695. The normalized spacial score (nSPS) is 16.2. The van der Waals surface area contributed by atoms with E-state index in [9.17, 15) is 0 Å². The van der Waals surface area contributed by atoms with Gasteiger partial charge in [-0.3, -0.25) is 4.99 Å². The van der Waals surface area contributed by atoms with Crippen LogP contribution in [0.1, 0.15) is 5.56 Å². The first-order valence-electron chi connectivity index (χ1n) is 7.61. The van der Waals surface area contributed by atoms with Crippen LogP contribution in [-0.2, 0) is 13.6 Å². The Morgan fingerprint density at radius 1 is 1.27 bits per heavy atom. The van der Waals surface area contributed by atoms with Crippen molar-refractivity contribution in [2.45, 2.75) is 6.54 Å². The van der Waals surface area contributed by atoms with Gasteiger partial charge in [-0.1, -0.05) is 0 Å². The van der Waals surface area contributed by atoms with Gasteiger partial charge in [0.2, 0.25) is 0 Å². The van der Waals surface area contributed by atoms with Crippen LogP contribution < -0.4 is 10.2 Å². The van der Waals surface area contributed by atoms with E-state index in [0.717, 1.165) is 38.7 Å². The molecule has 0 spiro atoms. The van der Waals surface area contributed by atoms with Crippen molar-refractivity contribution in [2.75, 3.05) is 38.1 Å². The van der Waals surface area contributed by atoms with E-state index < -0.39 is 0 Å². The molecule has 2 aromatic rings. The van der Waals surface area contributed by atoms with Crippen molar-refractivity contribution in [1.82, 2.24) is 14.8 Å². The molecule has 1 saturated heterocycles. The fourth-order valence-corrected chi connectivity index (χ4v) is 3.55. The van der Waals surface area contributed by atoms with Gasteiger partial charge in [0, 0.05) is 59.2 Å². The number of nitrogens with one attached hydrogen (secondary N) is 1. The van der Waals surface area contributed by atoms with Crippen LogP contribution in [0.5, 0.6) is 0 Å². The minimum absolute atomic E-state index is 0.818. The predicted octanol–water partition coefficient (Wildman–Crippen LogP) is 1.98. The number of aryl methyl sites for hydroxylation is 1. The van der Waals surface area contributed by atoms with Crippen molar-refractivity contribution in [2.24, 2.45) is 12.0 Å². The first-order chi connectivity index (χ1) is 10.8. The molecule has 0 atom stereocenters. The Morgan fingerprint density at radius 3 is 2.68 bits per heavy atom. The summed E-state index contributed by atoms with van der Waals surface area (Å²) in [5, 5.41) is 6.97. The fraction of sp³-hybridized carbons (Fsp3) is 0.438. The van der Waals surface area contributed by atoms with Gasteiger partial charge >= 0.3 is 0 Å². The van der Waals surface area contributed by atoms with Crippen LogP contribution in [0, 0.1) is 0 Å². The highest BCUT2D eigenvalue weighted by atomic mass is 32.1. The van der Waals surface area contributed by atoms with Crippen LogP contribution in [0.25, 0.3) is 0 Å². The zero-order valence-electron chi connectivity index (χ0n) is 13.2. The van der Waals surface area contributed by atoms with E-state index in [4.69, 9.17) is 0 Å². The molecular weight excluding hydrogens is 294 g/mol. The molecule has 0 saturated carbocycles. The van der Waals surface area contributed by atoms with E-state index in [-0.39, 0.29) is 0 Å². The third-order valence-electron chi connectivity index (χ3n) is 3.95. The van der Waals surface area contributed by atoms with Crippen LogP contribution in [0.2, 0.25) is 0 Å². The summed E-state index contributed by atoms with van der Waals surface area (Å²) in [6.45, 7) is 4.93. The highest BCUT2D eigenvalue weighted by molar-refractivity contribution is 7.14. The average molecular weight is 317 g/mol. The van der Waals surface area contributed by atoms with E-state index in [1.54, 1.807) is 0 Å². The summed E-state index contributed by atoms with van der Waals surface area (Å²) in [6.07, 6.45) is 4.20. The Labute approximate surface area is 135 Å². The molecular formula is C16H23N5S. The maximum absolute atomic E-state index is 4.43. The highest BCUT2D eigenvalue weighted by Gasteiger charge is 2.20. The smallest absolute Gasteiger partial charge is 0.194 e. The molecule has 1 aliphatic rings. The monoisotopic (exact) mass is 317 g/mol. The van der Waals surface area contributed by atoms with E-state index in [0.29, 0.717) is 0 Å². The van der Waals surface area contributed by atoms with Gasteiger partial charge in [0.05, 0.1) is 5.00 Å². The summed E-state index contributed by atoms with van der Waals surface area (Å²) in [5.41, 5.74) is 1.28. The lowest BCUT2D eigenvalue weighted by atomic mass is 10.3. The summed E-state index contributed by atoms with van der Waals surface area (Å²) in [7, 11) is 3.90. The topological polar surface area (TPSA) is 35.8 Å². The first-order valence-corrected chi connectivity index (χ1v) is 8.49. The van der Waals surface area contributed by atoms with Crippen molar-refractivity contribution in [3.8, 4) is 0 Å². The van der Waals surface area contributed by atoms with Gasteiger partial charge in [-0.25, -0.2) is 0 Å². The molecule has 5 nitrogen and oxygen atoms in total. The molecule has 118 valence electrons. The van der Waals surface area contributed by atoms with Crippen LogP contribution >= 0.6 is 11.3 Å². The summed E-state index contributed by atoms with van der Waals surface area (Å²) in [4.78, 5) is 9.22. The first kappa shape index (κ1) is 15.0. The molecule has 6 heteroatoms. The number of piperazine rings is 1. The van der Waals surface area contributed by atoms with Crippen molar-refractivity contribution in [3.63, 3.8) is 0 Å². The number of hydrogen-bond donors (Lipinski definition) is 1. The lowest BCUT2D eigenvalue weighted by molar-refractivity contribution is 0.373. The summed E-state index contributed by atoms with van der Waals surface area (Å²) < 4.78 is 2.07. The third kappa shape index (κ3) is 3.44. The number of anilines is 1. The second kappa shape index (κ2) is 6.87. The molecule has 0 aliphatic carbocycles. The molecule has 1 aliphatic heterocycles. The lowest BCUT2D eigenvalue weighted by Crippen LogP contribution is -2.52. The molecule has 3 rings (SSSR count). The van der Waals surface area contributed by atoms with Crippen LogP contribution in [-0.4, -0.2) is 48.7 Å². The predicted molar refractivity (Wildman–Crippen MR) is 93.7 cm³/mol. The molecule has 0 aromatic carbocycles. The molecule has 3 heterocycles. The maximum Gasteiger partial charge on any atom is 0.194 e. The second-order valence-electron chi connectivity index (χ2n) is 5.51. The number of guanidine groups is 1. The Hall–Kier alpha value is -1.95. The second-order valence-corrected chi connectivity index (χ2v) is 6.44.